The number of piperidine rings is 2. The minimum atomic E-state index is 0.421. The zero-order chi connectivity index (χ0) is 13.7. The number of carbonyl (C=O) groups is 1. The number of nitrogens with zero attached hydrogens (tertiary/aromatic N) is 2. The molecule has 0 aliphatic carbocycles. The molecule has 2 heterocycles. The largest absolute Gasteiger partial charge is 0.343 e. The van der Waals surface area contributed by atoms with E-state index in [0.717, 1.165) is 32.0 Å². The van der Waals surface area contributed by atoms with Crippen molar-refractivity contribution in [1.82, 2.24) is 9.80 Å². The highest BCUT2D eigenvalue weighted by atomic mass is 16.2. The fraction of sp³-hybridized carbons (Fsp3) is 0.938. The minimum Gasteiger partial charge on any atom is -0.343 e. The van der Waals surface area contributed by atoms with Crippen LogP contribution in [0.4, 0.5) is 0 Å². The van der Waals surface area contributed by atoms with Gasteiger partial charge in [0.25, 0.3) is 0 Å². The molecule has 19 heavy (non-hydrogen) atoms. The molecule has 0 N–H and O–H groups in total. The van der Waals surface area contributed by atoms with Crippen molar-refractivity contribution >= 4 is 5.91 Å². The van der Waals surface area contributed by atoms with Crippen molar-refractivity contribution in [3.8, 4) is 0 Å². The lowest BCUT2D eigenvalue weighted by molar-refractivity contribution is -0.134. The number of amides is 1. The Morgan fingerprint density at radius 1 is 0.947 bits per heavy atom. The summed E-state index contributed by atoms with van der Waals surface area (Å²) in [5, 5.41) is 0. The summed E-state index contributed by atoms with van der Waals surface area (Å²) in [6, 6.07) is 0. The lowest BCUT2D eigenvalue weighted by Crippen LogP contribution is -2.40. The van der Waals surface area contributed by atoms with Crippen LogP contribution in [0.2, 0.25) is 0 Å². The first kappa shape index (κ1) is 14.8. The van der Waals surface area contributed by atoms with Gasteiger partial charge in [-0.25, -0.2) is 0 Å². The predicted molar refractivity (Wildman–Crippen MR) is 79.1 cm³/mol. The second-order valence-corrected chi connectivity index (χ2v) is 6.31. The first-order chi connectivity index (χ1) is 9.22. The number of rotatable bonds is 4. The van der Waals surface area contributed by atoms with Gasteiger partial charge in [-0.1, -0.05) is 20.3 Å². The quantitative estimate of drug-likeness (QED) is 0.781. The van der Waals surface area contributed by atoms with Gasteiger partial charge < -0.3 is 9.80 Å². The highest BCUT2D eigenvalue weighted by Crippen LogP contribution is 2.24. The number of hydrogen-bond acceptors (Lipinski definition) is 2. The summed E-state index contributed by atoms with van der Waals surface area (Å²) in [7, 11) is 0. The molecule has 0 atom stereocenters. The van der Waals surface area contributed by atoms with Crippen molar-refractivity contribution in [2.45, 2.75) is 52.4 Å². The maximum atomic E-state index is 12.3. The van der Waals surface area contributed by atoms with Crippen LogP contribution in [0.5, 0.6) is 0 Å². The number of hydrogen-bond donors (Lipinski definition) is 0. The van der Waals surface area contributed by atoms with E-state index in [1.54, 1.807) is 0 Å². The van der Waals surface area contributed by atoms with E-state index < -0.39 is 0 Å². The Labute approximate surface area is 118 Å². The van der Waals surface area contributed by atoms with Crippen molar-refractivity contribution in [3.63, 3.8) is 0 Å². The van der Waals surface area contributed by atoms with Gasteiger partial charge in [0.05, 0.1) is 0 Å². The average molecular weight is 266 g/mol. The average Bonchev–Trinajstić information content (AvgIpc) is 2.48. The van der Waals surface area contributed by atoms with Gasteiger partial charge in [-0.05, 0) is 57.2 Å². The molecule has 3 heteroatoms. The summed E-state index contributed by atoms with van der Waals surface area (Å²) in [4.78, 5) is 16.9. The van der Waals surface area contributed by atoms with Gasteiger partial charge in [0.15, 0.2) is 0 Å². The highest BCUT2D eigenvalue weighted by molar-refractivity contribution is 5.76. The van der Waals surface area contributed by atoms with E-state index in [-0.39, 0.29) is 0 Å². The van der Waals surface area contributed by atoms with Crippen LogP contribution in [0.1, 0.15) is 52.4 Å². The summed E-state index contributed by atoms with van der Waals surface area (Å²) in [5.41, 5.74) is 0. The van der Waals surface area contributed by atoms with Crippen molar-refractivity contribution in [2.75, 3.05) is 32.7 Å². The molecule has 0 radical (unpaired) electrons. The molecule has 0 saturated carbocycles. The third kappa shape index (κ3) is 4.20. The van der Waals surface area contributed by atoms with E-state index in [1.807, 2.05) is 0 Å². The van der Waals surface area contributed by atoms with Gasteiger partial charge in [0.1, 0.15) is 0 Å². The smallest absolute Gasteiger partial charge is 0.222 e. The summed E-state index contributed by atoms with van der Waals surface area (Å²) in [6.07, 6.45) is 6.94. The van der Waals surface area contributed by atoms with Gasteiger partial charge in [-0.3, -0.25) is 4.79 Å². The maximum absolute atomic E-state index is 12.3. The summed E-state index contributed by atoms with van der Waals surface area (Å²) < 4.78 is 0. The van der Waals surface area contributed by atoms with Crippen LogP contribution in [0.25, 0.3) is 0 Å². The minimum absolute atomic E-state index is 0.421. The normalized spacial score (nSPS) is 23.8. The zero-order valence-electron chi connectivity index (χ0n) is 12.7. The molecule has 3 nitrogen and oxygen atoms in total. The Morgan fingerprint density at radius 2 is 1.53 bits per heavy atom. The van der Waals surface area contributed by atoms with Crippen LogP contribution in [-0.2, 0) is 4.79 Å². The standard InChI is InChI=1S/C16H30N2O/c1-3-14-7-11-18(12-8-14)16(19)13-15-5-9-17(4-2)10-6-15/h14-15H,3-13H2,1-2H3. The third-order valence-corrected chi connectivity index (χ3v) is 5.16. The fourth-order valence-electron chi connectivity index (χ4n) is 3.47. The number of likely N-dealkylation sites (tertiary alicyclic amines) is 2. The van der Waals surface area contributed by atoms with Gasteiger partial charge in [0.2, 0.25) is 5.91 Å². The first-order valence-corrected chi connectivity index (χ1v) is 8.23. The van der Waals surface area contributed by atoms with Crippen LogP contribution in [0.3, 0.4) is 0 Å². The molecule has 110 valence electrons. The van der Waals surface area contributed by atoms with Crippen molar-refractivity contribution in [3.05, 3.63) is 0 Å². The van der Waals surface area contributed by atoms with Gasteiger partial charge in [0, 0.05) is 19.5 Å². The first-order valence-electron chi connectivity index (χ1n) is 8.23. The molecule has 1 amide bonds. The molecule has 0 aromatic rings. The fourth-order valence-corrected chi connectivity index (χ4v) is 3.47. The molecule has 2 aliphatic rings. The topological polar surface area (TPSA) is 23.6 Å². The second-order valence-electron chi connectivity index (χ2n) is 6.31. The van der Waals surface area contributed by atoms with Crippen LogP contribution in [-0.4, -0.2) is 48.4 Å². The van der Waals surface area contributed by atoms with E-state index >= 15 is 0 Å². The van der Waals surface area contributed by atoms with E-state index in [4.69, 9.17) is 0 Å². The van der Waals surface area contributed by atoms with Gasteiger partial charge in [-0.2, -0.15) is 0 Å². The highest BCUT2D eigenvalue weighted by Gasteiger charge is 2.25. The molecule has 0 bridgehead atoms. The van der Waals surface area contributed by atoms with Crippen LogP contribution < -0.4 is 0 Å². The summed E-state index contributed by atoms with van der Waals surface area (Å²) >= 11 is 0. The zero-order valence-corrected chi connectivity index (χ0v) is 12.7. The molecule has 0 aromatic heterocycles. The number of carbonyl (C=O) groups excluding carboxylic acids is 1. The molecular weight excluding hydrogens is 236 g/mol. The molecule has 2 rings (SSSR count). The third-order valence-electron chi connectivity index (χ3n) is 5.16. The molecule has 2 saturated heterocycles. The van der Waals surface area contributed by atoms with Crippen LogP contribution in [0, 0.1) is 11.8 Å². The molecular formula is C16H30N2O. The van der Waals surface area contributed by atoms with E-state index in [1.165, 1.54) is 45.2 Å². The Kier molecular flexibility index (Phi) is 5.68. The van der Waals surface area contributed by atoms with E-state index in [2.05, 4.69) is 23.6 Å². The van der Waals surface area contributed by atoms with Crippen LogP contribution in [0.15, 0.2) is 0 Å². The Morgan fingerprint density at radius 3 is 2.05 bits per heavy atom. The van der Waals surface area contributed by atoms with Crippen molar-refractivity contribution in [1.29, 1.82) is 0 Å². The van der Waals surface area contributed by atoms with E-state index in [9.17, 15) is 4.79 Å². The van der Waals surface area contributed by atoms with Gasteiger partial charge >= 0.3 is 0 Å². The molecule has 0 spiro atoms. The lowest BCUT2D eigenvalue weighted by Gasteiger charge is -2.34. The predicted octanol–water partition coefficient (Wildman–Crippen LogP) is 2.76. The Hall–Kier alpha value is -0.570. The van der Waals surface area contributed by atoms with Crippen LogP contribution >= 0.6 is 0 Å². The Bertz CT molecular complexity index is 276. The van der Waals surface area contributed by atoms with Gasteiger partial charge in [-0.15, -0.1) is 0 Å². The summed E-state index contributed by atoms with van der Waals surface area (Å²) in [5.74, 6) is 1.92. The monoisotopic (exact) mass is 266 g/mol. The Balaban J connectivity index is 1.70. The maximum Gasteiger partial charge on any atom is 0.222 e. The van der Waals surface area contributed by atoms with E-state index in [0.29, 0.717) is 11.8 Å². The molecule has 0 unspecified atom stereocenters. The molecule has 2 aliphatic heterocycles. The SMILES string of the molecule is CCC1CCN(C(=O)CC2CCN(CC)CC2)CC1. The van der Waals surface area contributed by atoms with Crippen molar-refractivity contribution < 1.29 is 4.79 Å². The summed E-state index contributed by atoms with van der Waals surface area (Å²) in [6.45, 7) is 10.0. The molecule has 0 aromatic carbocycles. The van der Waals surface area contributed by atoms with Crippen molar-refractivity contribution in [2.24, 2.45) is 11.8 Å². The second kappa shape index (κ2) is 7.28. The molecule has 2 fully saturated rings. The lowest BCUT2D eigenvalue weighted by atomic mass is 9.91.